The molecule has 0 unspecified atom stereocenters. The number of hydrogen-bond acceptors (Lipinski definition) is 4. The zero-order valence-electron chi connectivity index (χ0n) is 7.40. The molecule has 0 amide bonds. The summed E-state index contributed by atoms with van der Waals surface area (Å²) in [5.74, 6) is 0.205. The van der Waals surface area contributed by atoms with Crippen LogP contribution < -0.4 is 10.5 Å². The molecule has 1 heterocycles. The molecule has 0 saturated carbocycles. The first-order valence-corrected chi connectivity index (χ1v) is 3.46. The summed E-state index contributed by atoms with van der Waals surface area (Å²) in [4.78, 5) is 14.8. The number of ketones is 1. The molecule has 1 aromatic heterocycles. The van der Waals surface area contributed by atoms with Gasteiger partial charge in [0, 0.05) is 11.8 Å². The number of carbonyl (C=O) groups is 1. The summed E-state index contributed by atoms with van der Waals surface area (Å²) in [6.07, 6.45) is 1.49. The van der Waals surface area contributed by atoms with E-state index in [9.17, 15) is 4.79 Å². The van der Waals surface area contributed by atoms with E-state index < -0.39 is 0 Å². The molecule has 13 heavy (non-hydrogen) atoms. The SMILES string of the molecule is COc1nccc(C(C)=O)c1N.Cl. The first kappa shape index (κ1) is 11.7. The lowest BCUT2D eigenvalue weighted by molar-refractivity contribution is 0.101. The molecule has 0 fully saturated rings. The highest BCUT2D eigenvalue weighted by atomic mass is 35.5. The molecule has 0 saturated heterocycles. The number of nitrogen functional groups attached to an aromatic ring is 1. The second kappa shape index (κ2) is 4.67. The average Bonchev–Trinajstić information content (AvgIpc) is 2.04. The fourth-order valence-corrected chi connectivity index (χ4v) is 0.924. The summed E-state index contributed by atoms with van der Waals surface area (Å²) in [5.41, 5.74) is 6.33. The first-order chi connectivity index (χ1) is 5.66. The molecule has 5 heteroatoms. The van der Waals surface area contributed by atoms with Crippen LogP contribution in [0.15, 0.2) is 12.3 Å². The largest absolute Gasteiger partial charge is 0.480 e. The molecule has 0 aliphatic rings. The van der Waals surface area contributed by atoms with E-state index in [1.54, 1.807) is 6.07 Å². The van der Waals surface area contributed by atoms with Crippen LogP contribution in [0.2, 0.25) is 0 Å². The van der Waals surface area contributed by atoms with Gasteiger partial charge in [-0.2, -0.15) is 0 Å². The predicted molar refractivity (Wildman–Crippen MR) is 52.5 cm³/mol. The van der Waals surface area contributed by atoms with Crippen molar-refractivity contribution in [1.82, 2.24) is 4.98 Å². The van der Waals surface area contributed by atoms with Crippen molar-refractivity contribution in [2.75, 3.05) is 12.8 Å². The van der Waals surface area contributed by atoms with Gasteiger partial charge in [0.1, 0.15) is 5.69 Å². The summed E-state index contributed by atoms with van der Waals surface area (Å²) < 4.78 is 4.85. The van der Waals surface area contributed by atoms with Gasteiger partial charge in [0.15, 0.2) is 5.78 Å². The Morgan fingerprint density at radius 1 is 1.62 bits per heavy atom. The van der Waals surface area contributed by atoms with Gasteiger partial charge in [-0.15, -0.1) is 12.4 Å². The molecular weight excluding hydrogens is 192 g/mol. The molecule has 0 radical (unpaired) electrons. The number of aromatic nitrogens is 1. The van der Waals surface area contributed by atoms with E-state index in [2.05, 4.69) is 4.98 Å². The number of rotatable bonds is 2. The van der Waals surface area contributed by atoms with Crippen LogP contribution in [0, 0.1) is 0 Å². The molecule has 0 bridgehead atoms. The molecule has 1 rings (SSSR count). The van der Waals surface area contributed by atoms with Gasteiger partial charge in [0.25, 0.3) is 0 Å². The van der Waals surface area contributed by atoms with E-state index in [-0.39, 0.29) is 18.2 Å². The molecule has 1 aromatic rings. The number of hydrogen-bond donors (Lipinski definition) is 1. The monoisotopic (exact) mass is 202 g/mol. The van der Waals surface area contributed by atoms with Crippen LogP contribution in [-0.4, -0.2) is 17.9 Å². The summed E-state index contributed by atoms with van der Waals surface area (Å²) in [6, 6.07) is 1.57. The third-order valence-electron chi connectivity index (χ3n) is 1.53. The van der Waals surface area contributed by atoms with Crippen molar-refractivity contribution in [1.29, 1.82) is 0 Å². The molecule has 0 aliphatic carbocycles. The lowest BCUT2D eigenvalue weighted by Crippen LogP contribution is -2.03. The Morgan fingerprint density at radius 3 is 2.69 bits per heavy atom. The van der Waals surface area contributed by atoms with Gasteiger partial charge in [-0.3, -0.25) is 4.79 Å². The number of methoxy groups -OCH3 is 1. The van der Waals surface area contributed by atoms with Gasteiger partial charge in [-0.1, -0.05) is 0 Å². The van der Waals surface area contributed by atoms with E-state index in [4.69, 9.17) is 10.5 Å². The van der Waals surface area contributed by atoms with Crippen molar-refractivity contribution in [2.24, 2.45) is 0 Å². The smallest absolute Gasteiger partial charge is 0.237 e. The van der Waals surface area contributed by atoms with Crippen LogP contribution in [-0.2, 0) is 0 Å². The maximum Gasteiger partial charge on any atom is 0.237 e. The minimum absolute atomic E-state index is 0. The highest BCUT2D eigenvalue weighted by Crippen LogP contribution is 2.21. The minimum atomic E-state index is -0.0896. The Hall–Kier alpha value is -1.29. The van der Waals surface area contributed by atoms with Gasteiger partial charge in [-0.05, 0) is 13.0 Å². The molecule has 72 valence electrons. The van der Waals surface area contributed by atoms with Gasteiger partial charge in [0.05, 0.1) is 7.11 Å². The number of nitrogens with zero attached hydrogens (tertiary/aromatic N) is 1. The molecule has 0 aromatic carbocycles. The standard InChI is InChI=1S/C8H10N2O2.ClH/c1-5(11)6-3-4-10-8(12-2)7(6)9;/h3-4H,9H2,1-2H3;1H. The van der Waals surface area contributed by atoms with E-state index in [0.29, 0.717) is 17.1 Å². The summed E-state index contributed by atoms with van der Waals surface area (Å²) in [6.45, 7) is 1.45. The number of nitrogens with two attached hydrogens (primary N) is 1. The fraction of sp³-hybridized carbons (Fsp3) is 0.250. The Bertz CT molecular complexity index is 315. The minimum Gasteiger partial charge on any atom is -0.480 e. The highest BCUT2D eigenvalue weighted by molar-refractivity contribution is 5.99. The number of halogens is 1. The van der Waals surface area contributed by atoms with Gasteiger partial charge in [-0.25, -0.2) is 4.98 Å². The second-order valence-corrected chi connectivity index (χ2v) is 2.34. The molecule has 2 N–H and O–H groups in total. The zero-order chi connectivity index (χ0) is 9.14. The van der Waals surface area contributed by atoms with Crippen molar-refractivity contribution in [3.8, 4) is 5.88 Å². The maximum absolute atomic E-state index is 11.0. The van der Waals surface area contributed by atoms with Crippen molar-refractivity contribution in [3.05, 3.63) is 17.8 Å². The summed E-state index contributed by atoms with van der Waals surface area (Å²) in [5, 5.41) is 0. The number of anilines is 1. The highest BCUT2D eigenvalue weighted by Gasteiger charge is 2.09. The zero-order valence-corrected chi connectivity index (χ0v) is 8.22. The normalized spacial score (nSPS) is 8.77. The van der Waals surface area contributed by atoms with Crippen LogP contribution in [0.25, 0.3) is 0 Å². The first-order valence-electron chi connectivity index (χ1n) is 3.46. The van der Waals surface area contributed by atoms with Gasteiger partial charge < -0.3 is 10.5 Å². The van der Waals surface area contributed by atoms with Crippen LogP contribution in [0.4, 0.5) is 5.69 Å². The quantitative estimate of drug-likeness (QED) is 0.735. The van der Waals surface area contributed by atoms with E-state index in [1.165, 1.54) is 20.2 Å². The van der Waals surface area contributed by atoms with Gasteiger partial charge in [0.2, 0.25) is 5.88 Å². The Morgan fingerprint density at radius 2 is 2.23 bits per heavy atom. The van der Waals surface area contributed by atoms with E-state index in [1.807, 2.05) is 0 Å². The molecular formula is C8H11ClN2O2. The van der Waals surface area contributed by atoms with Crippen molar-refractivity contribution in [2.45, 2.75) is 6.92 Å². The fourth-order valence-electron chi connectivity index (χ4n) is 0.924. The third kappa shape index (κ3) is 2.32. The van der Waals surface area contributed by atoms with Crippen LogP contribution in [0.5, 0.6) is 5.88 Å². The second-order valence-electron chi connectivity index (χ2n) is 2.34. The Kier molecular flexibility index (Phi) is 4.20. The average molecular weight is 203 g/mol. The number of Topliss-reactive ketones (excluding diaryl/α,β-unsaturated/α-hetero) is 1. The molecule has 0 spiro atoms. The number of carbonyl (C=O) groups excluding carboxylic acids is 1. The number of pyridine rings is 1. The lowest BCUT2D eigenvalue weighted by atomic mass is 10.1. The van der Waals surface area contributed by atoms with Crippen LogP contribution in [0.3, 0.4) is 0 Å². The summed E-state index contributed by atoms with van der Waals surface area (Å²) in [7, 11) is 1.46. The molecule has 4 nitrogen and oxygen atoms in total. The van der Waals surface area contributed by atoms with Crippen LogP contribution >= 0.6 is 12.4 Å². The van der Waals surface area contributed by atoms with E-state index >= 15 is 0 Å². The van der Waals surface area contributed by atoms with Crippen molar-refractivity contribution in [3.63, 3.8) is 0 Å². The van der Waals surface area contributed by atoms with Crippen LogP contribution in [0.1, 0.15) is 17.3 Å². The van der Waals surface area contributed by atoms with Crippen molar-refractivity contribution < 1.29 is 9.53 Å². The maximum atomic E-state index is 11.0. The third-order valence-corrected chi connectivity index (χ3v) is 1.53. The Balaban J connectivity index is 0.00000144. The topological polar surface area (TPSA) is 65.2 Å². The van der Waals surface area contributed by atoms with Crippen molar-refractivity contribution >= 4 is 23.9 Å². The summed E-state index contributed by atoms with van der Waals surface area (Å²) >= 11 is 0. The lowest BCUT2D eigenvalue weighted by Gasteiger charge is -2.05. The number of ether oxygens (including phenoxy) is 1. The molecule has 0 aliphatic heterocycles. The van der Waals surface area contributed by atoms with Gasteiger partial charge >= 0.3 is 0 Å². The van der Waals surface area contributed by atoms with E-state index in [0.717, 1.165) is 0 Å². The molecule has 0 atom stereocenters. The predicted octanol–water partition coefficient (Wildman–Crippen LogP) is 1.30. The Labute approximate surface area is 82.5 Å².